The van der Waals surface area contributed by atoms with Crippen molar-refractivity contribution in [2.75, 3.05) is 33.3 Å². The second kappa shape index (κ2) is 13.2. The van der Waals surface area contributed by atoms with Gasteiger partial charge in [-0.05, 0) is 53.5 Å². The van der Waals surface area contributed by atoms with Crippen LogP contribution in [0, 0.1) is 13.8 Å². The molecule has 7 heteroatoms. The third kappa shape index (κ3) is 7.39. The molecule has 2 rings (SSSR count). The molecule has 28 heavy (non-hydrogen) atoms. The Morgan fingerprint density at radius 2 is 2.11 bits per heavy atom. The number of aryl methyl sites for hydroxylation is 1. The number of ether oxygens (including phenoxy) is 1. The van der Waals surface area contributed by atoms with Crippen molar-refractivity contribution in [3.8, 4) is 5.75 Å². The predicted molar refractivity (Wildman–Crippen MR) is 128 cm³/mol. The summed E-state index contributed by atoms with van der Waals surface area (Å²) in [5, 5.41) is 6.78. The summed E-state index contributed by atoms with van der Waals surface area (Å²) in [6.07, 6.45) is 7.05. The molecule has 0 bridgehead atoms. The van der Waals surface area contributed by atoms with Crippen LogP contribution in [0.15, 0.2) is 11.2 Å². The fourth-order valence-electron chi connectivity index (χ4n) is 3.70. The molecule has 1 saturated heterocycles. The van der Waals surface area contributed by atoms with Crippen LogP contribution in [0.1, 0.15) is 56.4 Å². The molecule has 1 aliphatic heterocycles. The molecule has 1 unspecified atom stereocenters. The Balaban J connectivity index is 0.00000392. The molecule has 0 saturated carbocycles. The Hall–Kier alpha value is -1.09. The molecule has 0 aromatic carbocycles. The van der Waals surface area contributed by atoms with E-state index in [1.807, 2.05) is 20.0 Å². The Kier molecular flexibility index (Phi) is 11.8. The number of rotatable bonds is 8. The van der Waals surface area contributed by atoms with Gasteiger partial charge < -0.3 is 20.3 Å². The average Bonchev–Trinajstić information content (AvgIpc) is 2.66. The maximum Gasteiger partial charge on any atom is 0.191 e. The topological polar surface area (TPSA) is 61.8 Å². The largest absolute Gasteiger partial charge is 0.496 e. The van der Waals surface area contributed by atoms with Gasteiger partial charge in [-0.2, -0.15) is 0 Å². The standard InChI is InChI=1S/C21H37N5O.HI/c1-6-22-21(23-11-9-13-26-12-8-7-10-17(26)3)25-15-19-18(4)20(27-5)16(2)14-24-19;/h14,17H,6-13,15H2,1-5H3,(H2,22,23,25);1H. The molecule has 6 nitrogen and oxygen atoms in total. The van der Waals surface area contributed by atoms with Gasteiger partial charge in [-0.15, -0.1) is 24.0 Å². The summed E-state index contributed by atoms with van der Waals surface area (Å²) >= 11 is 0. The van der Waals surface area contributed by atoms with Gasteiger partial charge in [0.25, 0.3) is 0 Å². The lowest BCUT2D eigenvalue weighted by molar-refractivity contribution is 0.159. The lowest BCUT2D eigenvalue weighted by Crippen LogP contribution is -2.41. The summed E-state index contributed by atoms with van der Waals surface area (Å²) < 4.78 is 5.49. The highest BCUT2D eigenvalue weighted by Gasteiger charge is 2.17. The van der Waals surface area contributed by atoms with Crippen molar-refractivity contribution >= 4 is 29.9 Å². The van der Waals surface area contributed by atoms with Crippen LogP contribution in [0.2, 0.25) is 0 Å². The van der Waals surface area contributed by atoms with Gasteiger partial charge in [0, 0.05) is 43.0 Å². The zero-order valence-corrected chi connectivity index (χ0v) is 20.5. The zero-order chi connectivity index (χ0) is 19.6. The molecule has 0 radical (unpaired) electrons. The van der Waals surface area contributed by atoms with Gasteiger partial charge in [0.1, 0.15) is 5.75 Å². The van der Waals surface area contributed by atoms with Gasteiger partial charge in [-0.1, -0.05) is 6.42 Å². The number of nitrogens with one attached hydrogen (secondary N) is 2. The van der Waals surface area contributed by atoms with E-state index in [1.54, 1.807) is 7.11 Å². The van der Waals surface area contributed by atoms with Crippen molar-refractivity contribution in [1.82, 2.24) is 20.5 Å². The number of likely N-dealkylation sites (tertiary alicyclic amines) is 1. The maximum absolute atomic E-state index is 5.49. The van der Waals surface area contributed by atoms with E-state index in [9.17, 15) is 0 Å². The number of hydrogen-bond acceptors (Lipinski definition) is 4. The normalized spacial score (nSPS) is 17.8. The first-order valence-corrected chi connectivity index (χ1v) is 10.3. The summed E-state index contributed by atoms with van der Waals surface area (Å²) in [7, 11) is 1.71. The van der Waals surface area contributed by atoms with Crippen LogP contribution in [0.5, 0.6) is 5.75 Å². The molecule has 2 N–H and O–H groups in total. The Morgan fingerprint density at radius 1 is 1.32 bits per heavy atom. The van der Waals surface area contributed by atoms with Crippen molar-refractivity contribution in [1.29, 1.82) is 0 Å². The summed E-state index contributed by atoms with van der Waals surface area (Å²) in [4.78, 5) is 11.9. The number of guanidine groups is 1. The van der Waals surface area contributed by atoms with Gasteiger partial charge in [-0.25, -0.2) is 4.99 Å². The van der Waals surface area contributed by atoms with E-state index in [2.05, 4.69) is 34.4 Å². The minimum atomic E-state index is 0. The van der Waals surface area contributed by atoms with Crippen molar-refractivity contribution in [2.24, 2.45) is 4.99 Å². The van der Waals surface area contributed by atoms with E-state index >= 15 is 0 Å². The molecule has 1 atom stereocenters. The monoisotopic (exact) mass is 503 g/mol. The van der Waals surface area contributed by atoms with Crippen LogP contribution in [0.4, 0.5) is 0 Å². The summed E-state index contributed by atoms with van der Waals surface area (Å²) in [6, 6.07) is 0.728. The van der Waals surface area contributed by atoms with Gasteiger partial charge in [-0.3, -0.25) is 4.98 Å². The number of nitrogens with zero attached hydrogens (tertiary/aromatic N) is 3. The number of pyridine rings is 1. The Bertz CT molecular complexity index is 623. The third-order valence-corrected chi connectivity index (χ3v) is 5.34. The number of halogens is 1. The van der Waals surface area contributed by atoms with E-state index in [0.29, 0.717) is 6.54 Å². The summed E-state index contributed by atoms with van der Waals surface area (Å²) in [5.74, 6) is 1.76. The highest BCUT2D eigenvalue weighted by Crippen LogP contribution is 2.24. The fraction of sp³-hybridized carbons (Fsp3) is 0.714. The second-order valence-corrected chi connectivity index (χ2v) is 7.40. The van der Waals surface area contributed by atoms with Crippen LogP contribution in [0.3, 0.4) is 0 Å². The van der Waals surface area contributed by atoms with Crippen LogP contribution in [-0.2, 0) is 6.54 Å². The van der Waals surface area contributed by atoms with E-state index in [1.165, 1.54) is 25.8 Å². The Labute approximate surface area is 187 Å². The van der Waals surface area contributed by atoms with Crippen LogP contribution in [0.25, 0.3) is 0 Å². The lowest BCUT2D eigenvalue weighted by atomic mass is 10.0. The van der Waals surface area contributed by atoms with Gasteiger partial charge in [0.15, 0.2) is 5.96 Å². The van der Waals surface area contributed by atoms with Crippen molar-refractivity contribution in [3.05, 3.63) is 23.0 Å². The third-order valence-electron chi connectivity index (χ3n) is 5.34. The highest BCUT2D eigenvalue weighted by molar-refractivity contribution is 14.0. The first kappa shape index (κ1) is 24.9. The van der Waals surface area contributed by atoms with Gasteiger partial charge >= 0.3 is 0 Å². The lowest BCUT2D eigenvalue weighted by Gasteiger charge is -2.33. The quantitative estimate of drug-likeness (QED) is 0.246. The molecule has 1 aliphatic rings. The molecule has 1 aromatic rings. The number of methoxy groups -OCH3 is 1. The molecule has 1 aromatic heterocycles. The Morgan fingerprint density at radius 3 is 2.79 bits per heavy atom. The molecule has 0 aliphatic carbocycles. The van der Waals surface area contributed by atoms with E-state index in [-0.39, 0.29) is 24.0 Å². The van der Waals surface area contributed by atoms with Crippen molar-refractivity contribution < 1.29 is 4.74 Å². The van der Waals surface area contributed by atoms with Gasteiger partial charge in [0.2, 0.25) is 0 Å². The van der Waals surface area contributed by atoms with Crippen LogP contribution in [-0.4, -0.2) is 55.2 Å². The summed E-state index contributed by atoms with van der Waals surface area (Å²) in [5.41, 5.74) is 3.08. The minimum Gasteiger partial charge on any atom is -0.496 e. The van der Waals surface area contributed by atoms with Crippen molar-refractivity contribution in [2.45, 2.75) is 66.0 Å². The molecule has 0 amide bonds. The number of aliphatic imine (C=N–C) groups is 1. The predicted octanol–water partition coefficient (Wildman–Crippen LogP) is 3.64. The average molecular weight is 503 g/mol. The molecule has 2 heterocycles. The maximum atomic E-state index is 5.49. The van der Waals surface area contributed by atoms with E-state index < -0.39 is 0 Å². The van der Waals surface area contributed by atoms with E-state index in [4.69, 9.17) is 9.73 Å². The van der Waals surface area contributed by atoms with Crippen LogP contribution >= 0.6 is 24.0 Å². The zero-order valence-electron chi connectivity index (χ0n) is 18.2. The molecular weight excluding hydrogens is 465 g/mol. The number of aromatic nitrogens is 1. The number of hydrogen-bond donors (Lipinski definition) is 2. The number of piperidine rings is 1. The molecular formula is C21H38IN5O. The second-order valence-electron chi connectivity index (χ2n) is 7.40. The summed E-state index contributed by atoms with van der Waals surface area (Å²) in [6.45, 7) is 13.2. The fourth-order valence-corrected chi connectivity index (χ4v) is 3.70. The highest BCUT2D eigenvalue weighted by atomic mass is 127. The first-order valence-electron chi connectivity index (χ1n) is 10.3. The van der Waals surface area contributed by atoms with Crippen LogP contribution < -0.4 is 15.4 Å². The van der Waals surface area contributed by atoms with Gasteiger partial charge in [0.05, 0.1) is 19.3 Å². The molecule has 0 spiro atoms. The first-order chi connectivity index (χ1) is 13.1. The van der Waals surface area contributed by atoms with Crippen molar-refractivity contribution in [3.63, 3.8) is 0 Å². The molecule has 1 fully saturated rings. The SMILES string of the molecule is CCNC(=NCc1ncc(C)c(OC)c1C)NCCCN1CCCCC1C.I. The molecule has 160 valence electrons. The smallest absolute Gasteiger partial charge is 0.191 e. The minimum absolute atomic E-state index is 0. The van der Waals surface area contributed by atoms with E-state index in [0.717, 1.165) is 60.6 Å².